The monoisotopic (exact) mass is 249 g/mol. The van der Waals surface area contributed by atoms with Crippen molar-refractivity contribution in [1.82, 2.24) is 4.90 Å². The van der Waals surface area contributed by atoms with E-state index in [0.717, 1.165) is 18.4 Å². The van der Waals surface area contributed by atoms with E-state index >= 15 is 0 Å². The minimum Gasteiger partial charge on any atom is -0.395 e. The Labute approximate surface area is 107 Å². The fourth-order valence-electron chi connectivity index (χ4n) is 2.06. The van der Waals surface area contributed by atoms with Crippen LogP contribution in [0.5, 0.6) is 0 Å². The first-order valence-electron chi connectivity index (χ1n) is 6.16. The largest absolute Gasteiger partial charge is 0.395 e. The number of carbonyl (C=O) groups excluding carboxylic acids is 1. The summed E-state index contributed by atoms with van der Waals surface area (Å²) in [4.78, 5) is 14.2. The van der Waals surface area contributed by atoms with E-state index in [-0.39, 0.29) is 18.6 Å². The van der Waals surface area contributed by atoms with Gasteiger partial charge in [0.25, 0.3) is 5.91 Å². The Morgan fingerprint density at radius 3 is 2.83 bits per heavy atom. The number of nitrogen functional groups attached to an aromatic ring is 1. The van der Waals surface area contributed by atoms with Crippen LogP contribution in [0.25, 0.3) is 0 Å². The minimum absolute atomic E-state index is 0.0144. The highest BCUT2D eigenvalue weighted by Gasteiger charge is 2.33. The molecule has 1 aromatic rings. The van der Waals surface area contributed by atoms with Gasteiger partial charge in [0.05, 0.1) is 17.9 Å². The van der Waals surface area contributed by atoms with E-state index in [2.05, 4.69) is 5.43 Å². The number of hydrogen-bond acceptors (Lipinski definition) is 4. The van der Waals surface area contributed by atoms with Gasteiger partial charge in [0, 0.05) is 12.6 Å². The lowest BCUT2D eigenvalue weighted by atomic mass is 10.1. The second-order valence-corrected chi connectivity index (χ2v) is 4.65. The quantitative estimate of drug-likeness (QED) is 0.534. The molecule has 0 aliphatic heterocycles. The molecule has 1 saturated carbocycles. The van der Waals surface area contributed by atoms with Crippen molar-refractivity contribution in [2.45, 2.75) is 25.8 Å². The number of nitrogens with zero attached hydrogens (tertiary/aromatic N) is 1. The molecule has 1 aliphatic carbocycles. The normalized spacial score (nSPS) is 14.4. The summed E-state index contributed by atoms with van der Waals surface area (Å²) in [7, 11) is 0. The third-order valence-electron chi connectivity index (χ3n) is 3.15. The molecule has 2 rings (SSSR count). The van der Waals surface area contributed by atoms with E-state index in [1.807, 2.05) is 19.1 Å². The van der Waals surface area contributed by atoms with Gasteiger partial charge in [0.15, 0.2) is 0 Å². The maximum atomic E-state index is 12.5. The van der Waals surface area contributed by atoms with Crippen LogP contribution < -0.4 is 11.3 Å². The lowest BCUT2D eigenvalue weighted by Gasteiger charge is -2.22. The van der Waals surface area contributed by atoms with Crippen LogP contribution in [-0.4, -0.2) is 35.1 Å². The molecule has 0 spiro atoms. The molecule has 0 atom stereocenters. The first-order chi connectivity index (χ1) is 8.67. The Hall–Kier alpha value is -1.59. The van der Waals surface area contributed by atoms with Crippen molar-refractivity contribution in [2.75, 3.05) is 18.6 Å². The number of aryl methyl sites for hydroxylation is 1. The number of aliphatic hydroxyl groups excluding tert-OH is 1. The average Bonchev–Trinajstić information content (AvgIpc) is 3.19. The van der Waals surface area contributed by atoms with Gasteiger partial charge in [-0.3, -0.25) is 10.6 Å². The molecule has 0 saturated heterocycles. The van der Waals surface area contributed by atoms with Crippen molar-refractivity contribution in [3.8, 4) is 0 Å². The summed E-state index contributed by atoms with van der Waals surface area (Å²) in [6.45, 7) is 2.30. The van der Waals surface area contributed by atoms with Crippen LogP contribution in [0.1, 0.15) is 28.8 Å². The molecule has 18 heavy (non-hydrogen) atoms. The zero-order valence-corrected chi connectivity index (χ0v) is 10.5. The van der Waals surface area contributed by atoms with Gasteiger partial charge in [-0.15, -0.1) is 0 Å². The number of nitrogens with one attached hydrogen (secondary N) is 1. The van der Waals surface area contributed by atoms with E-state index in [1.54, 1.807) is 11.0 Å². The Kier molecular flexibility index (Phi) is 3.84. The van der Waals surface area contributed by atoms with Crippen LogP contribution in [0, 0.1) is 6.92 Å². The number of carbonyl (C=O) groups is 1. The maximum Gasteiger partial charge on any atom is 0.256 e. The molecule has 0 radical (unpaired) electrons. The van der Waals surface area contributed by atoms with E-state index < -0.39 is 0 Å². The molecule has 5 heteroatoms. The fourth-order valence-corrected chi connectivity index (χ4v) is 2.06. The molecule has 98 valence electrons. The number of amides is 1. The number of hydrazine groups is 1. The third-order valence-corrected chi connectivity index (χ3v) is 3.15. The van der Waals surface area contributed by atoms with Gasteiger partial charge in [-0.1, -0.05) is 11.6 Å². The summed E-state index contributed by atoms with van der Waals surface area (Å²) in [5.74, 6) is 5.37. The molecule has 1 aliphatic rings. The fraction of sp³-hybridized carbons (Fsp3) is 0.462. The SMILES string of the molecule is Cc1ccc(NN)c(C(=O)N(CCO)C2CC2)c1. The number of benzene rings is 1. The van der Waals surface area contributed by atoms with E-state index in [9.17, 15) is 4.79 Å². The highest BCUT2D eigenvalue weighted by Crippen LogP contribution is 2.29. The van der Waals surface area contributed by atoms with E-state index in [0.29, 0.717) is 17.8 Å². The van der Waals surface area contributed by atoms with Crippen LogP contribution in [0.4, 0.5) is 5.69 Å². The third kappa shape index (κ3) is 2.63. The van der Waals surface area contributed by atoms with Gasteiger partial charge in [-0.25, -0.2) is 0 Å². The lowest BCUT2D eigenvalue weighted by Crippen LogP contribution is -2.36. The standard InChI is InChI=1S/C13H19N3O2/c1-9-2-5-12(15-14)11(8-9)13(18)16(6-7-17)10-3-4-10/h2,5,8,10,15,17H,3-4,6-7,14H2,1H3. The van der Waals surface area contributed by atoms with Crippen LogP contribution in [0.15, 0.2) is 18.2 Å². The van der Waals surface area contributed by atoms with Crippen molar-refractivity contribution in [3.63, 3.8) is 0 Å². The molecule has 1 aromatic carbocycles. The zero-order chi connectivity index (χ0) is 13.1. The van der Waals surface area contributed by atoms with Gasteiger partial charge >= 0.3 is 0 Å². The molecule has 0 unspecified atom stereocenters. The maximum absolute atomic E-state index is 12.5. The summed E-state index contributed by atoms with van der Waals surface area (Å²) in [5, 5.41) is 9.06. The number of aliphatic hydroxyl groups is 1. The zero-order valence-electron chi connectivity index (χ0n) is 10.5. The van der Waals surface area contributed by atoms with Gasteiger partial charge in [0.1, 0.15) is 0 Å². The number of rotatable bonds is 5. The molecule has 1 fully saturated rings. The van der Waals surface area contributed by atoms with Crippen LogP contribution in [-0.2, 0) is 0 Å². The molecule has 4 N–H and O–H groups in total. The Morgan fingerprint density at radius 2 is 2.28 bits per heavy atom. The second-order valence-electron chi connectivity index (χ2n) is 4.65. The van der Waals surface area contributed by atoms with Crippen molar-refractivity contribution in [3.05, 3.63) is 29.3 Å². The molecule has 5 nitrogen and oxygen atoms in total. The highest BCUT2D eigenvalue weighted by atomic mass is 16.3. The molecular formula is C13H19N3O2. The summed E-state index contributed by atoms with van der Waals surface area (Å²) < 4.78 is 0. The Bertz CT molecular complexity index is 444. The number of nitrogens with two attached hydrogens (primary N) is 1. The predicted octanol–water partition coefficient (Wildman–Crippen LogP) is 0.878. The first-order valence-corrected chi connectivity index (χ1v) is 6.16. The number of anilines is 1. The Balaban J connectivity index is 2.28. The molecule has 0 aromatic heterocycles. The van der Waals surface area contributed by atoms with Gasteiger partial charge < -0.3 is 15.4 Å². The Morgan fingerprint density at radius 1 is 1.56 bits per heavy atom. The van der Waals surface area contributed by atoms with Crippen molar-refractivity contribution >= 4 is 11.6 Å². The summed E-state index contributed by atoms with van der Waals surface area (Å²) in [5.41, 5.74) is 4.75. The van der Waals surface area contributed by atoms with E-state index in [1.165, 1.54) is 0 Å². The lowest BCUT2D eigenvalue weighted by molar-refractivity contribution is 0.0708. The van der Waals surface area contributed by atoms with Crippen LogP contribution in [0.2, 0.25) is 0 Å². The van der Waals surface area contributed by atoms with Crippen LogP contribution >= 0.6 is 0 Å². The predicted molar refractivity (Wildman–Crippen MR) is 70.1 cm³/mol. The average molecular weight is 249 g/mol. The minimum atomic E-state index is -0.0665. The highest BCUT2D eigenvalue weighted by molar-refractivity contribution is 6.00. The summed E-state index contributed by atoms with van der Waals surface area (Å²) in [6.07, 6.45) is 2.03. The summed E-state index contributed by atoms with van der Waals surface area (Å²) in [6, 6.07) is 5.80. The smallest absolute Gasteiger partial charge is 0.256 e. The topological polar surface area (TPSA) is 78.6 Å². The second kappa shape index (κ2) is 5.37. The molecular weight excluding hydrogens is 230 g/mol. The molecule has 0 bridgehead atoms. The summed E-state index contributed by atoms with van der Waals surface area (Å²) >= 11 is 0. The van der Waals surface area contributed by atoms with Gasteiger partial charge in [-0.05, 0) is 31.9 Å². The van der Waals surface area contributed by atoms with Crippen molar-refractivity contribution in [1.29, 1.82) is 0 Å². The van der Waals surface area contributed by atoms with Gasteiger partial charge in [0.2, 0.25) is 0 Å². The molecule has 0 heterocycles. The first kappa shape index (κ1) is 12.9. The van der Waals surface area contributed by atoms with Gasteiger partial charge in [-0.2, -0.15) is 0 Å². The molecule has 1 amide bonds. The van der Waals surface area contributed by atoms with Crippen LogP contribution in [0.3, 0.4) is 0 Å². The van der Waals surface area contributed by atoms with Crippen molar-refractivity contribution in [2.24, 2.45) is 5.84 Å². The van der Waals surface area contributed by atoms with E-state index in [4.69, 9.17) is 10.9 Å². The van der Waals surface area contributed by atoms with Crippen molar-refractivity contribution < 1.29 is 9.90 Å². The number of hydrogen-bond donors (Lipinski definition) is 3.